The minimum Gasteiger partial charge on any atom is -0.454 e. The number of rotatable bonds is 7. The van der Waals surface area contributed by atoms with Crippen molar-refractivity contribution in [2.75, 3.05) is 18.7 Å². The van der Waals surface area contributed by atoms with E-state index in [-0.39, 0.29) is 25.0 Å². The summed E-state index contributed by atoms with van der Waals surface area (Å²) in [5, 5.41) is 7.53. The number of carbonyl (C=O) groups is 2. The summed E-state index contributed by atoms with van der Waals surface area (Å²) < 4.78 is 10.5. The highest BCUT2D eigenvalue weighted by molar-refractivity contribution is 7.09. The van der Waals surface area contributed by atoms with Crippen LogP contribution in [0.25, 0.3) is 0 Å². The maximum atomic E-state index is 11.9. The van der Waals surface area contributed by atoms with E-state index in [0.29, 0.717) is 30.2 Å². The normalized spacial score (nSPS) is 12.0. The number of anilines is 1. The number of amides is 2. The van der Waals surface area contributed by atoms with E-state index < -0.39 is 0 Å². The Morgan fingerprint density at radius 2 is 1.96 bits per heavy atom. The molecule has 0 aliphatic carbocycles. The zero-order chi connectivity index (χ0) is 16.8. The molecule has 0 saturated carbocycles. The van der Waals surface area contributed by atoms with Crippen molar-refractivity contribution in [1.82, 2.24) is 5.32 Å². The number of thiophene rings is 1. The lowest BCUT2D eigenvalue weighted by atomic mass is 10.2. The van der Waals surface area contributed by atoms with E-state index in [1.54, 1.807) is 29.5 Å². The number of nitrogens with one attached hydrogen (secondary N) is 2. The van der Waals surface area contributed by atoms with Crippen LogP contribution < -0.4 is 20.1 Å². The van der Waals surface area contributed by atoms with Crippen molar-refractivity contribution in [3.63, 3.8) is 0 Å². The van der Waals surface area contributed by atoms with Gasteiger partial charge in [0.1, 0.15) is 0 Å². The van der Waals surface area contributed by atoms with E-state index in [1.807, 2.05) is 17.5 Å². The molecule has 0 spiro atoms. The summed E-state index contributed by atoms with van der Waals surface area (Å²) in [6.07, 6.45) is 1.39. The van der Waals surface area contributed by atoms with Gasteiger partial charge < -0.3 is 20.1 Å². The molecule has 0 atom stereocenters. The topological polar surface area (TPSA) is 76.7 Å². The molecule has 1 aromatic heterocycles. The largest absolute Gasteiger partial charge is 0.454 e. The van der Waals surface area contributed by atoms with Crippen LogP contribution in [0.3, 0.4) is 0 Å². The Hall–Kier alpha value is -2.54. The van der Waals surface area contributed by atoms with E-state index in [0.717, 1.165) is 6.42 Å². The van der Waals surface area contributed by atoms with Gasteiger partial charge in [-0.05, 0) is 30.0 Å². The molecule has 3 rings (SSSR count). The fourth-order valence-corrected chi connectivity index (χ4v) is 3.00. The molecule has 7 heteroatoms. The molecule has 24 heavy (non-hydrogen) atoms. The summed E-state index contributed by atoms with van der Waals surface area (Å²) in [6, 6.07) is 9.21. The Labute approximate surface area is 143 Å². The minimum atomic E-state index is -0.160. The van der Waals surface area contributed by atoms with Crippen LogP contribution in [0.15, 0.2) is 35.7 Å². The van der Waals surface area contributed by atoms with E-state index in [4.69, 9.17) is 9.47 Å². The average molecular weight is 346 g/mol. The molecule has 126 valence electrons. The Balaban J connectivity index is 1.35. The zero-order valence-corrected chi connectivity index (χ0v) is 13.9. The maximum absolute atomic E-state index is 11.9. The molecular weight excluding hydrogens is 328 g/mol. The second kappa shape index (κ2) is 7.83. The van der Waals surface area contributed by atoms with Crippen LogP contribution in [0.1, 0.15) is 17.7 Å². The minimum absolute atomic E-state index is 0.0423. The number of aryl methyl sites for hydroxylation is 1. The molecule has 0 radical (unpaired) electrons. The Morgan fingerprint density at radius 1 is 1.08 bits per heavy atom. The quantitative estimate of drug-likeness (QED) is 0.808. The van der Waals surface area contributed by atoms with E-state index in [9.17, 15) is 9.59 Å². The first-order chi connectivity index (χ1) is 11.7. The molecular formula is C17H18N2O4S. The van der Waals surface area contributed by atoms with E-state index >= 15 is 0 Å². The van der Waals surface area contributed by atoms with Gasteiger partial charge in [-0.2, -0.15) is 0 Å². The molecule has 0 unspecified atom stereocenters. The van der Waals surface area contributed by atoms with Crippen molar-refractivity contribution in [2.24, 2.45) is 0 Å². The van der Waals surface area contributed by atoms with Crippen molar-refractivity contribution in [2.45, 2.75) is 19.3 Å². The van der Waals surface area contributed by atoms with Crippen LogP contribution in [0.2, 0.25) is 0 Å². The molecule has 0 saturated heterocycles. The molecule has 6 nitrogen and oxygen atoms in total. The highest BCUT2D eigenvalue weighted by atomic mass is 32.1. The lowest BCUT2D eigenvalue weighted by molar-refractivity contribution is -0.121. The lowest BCUT2D eigenvalue weighted by Gasteiger charge is -2.07. The summed E-state index contributed by atoms with van der Waals surface area (Å²) >= 11 is 1.64. The van der Waals surface area contributed by atoms with Gasteiger partial charge in [-0.1, -0.05) is 6.07 Å². The van der Waals surface area contributed by atoms with Crippen molar-refractivity contribution >= 4 is 28.8 Å². The van der Waals surface area contributed by atoms with Crippen LogP contribution >= 0.6 is 11.3 Å². The molecule has 2 aromatic rings. The molecule has 0 fully saturated rings. The van der Waals surface area contributed by atoms with E-state index in [1.165, 1.54) is 4.88 Å². The highest BCUT2D eigenvalue weighted by Crippen LogP contribution is 2.34. The zero-order valence-electron chi connectivity index (χ0n) is 13.0. The van der Waals surface area contributed by atoms with Crippen molar-refractivity contribution < 1.29 is 19.1 Å². The molecule has 1 aliphatic heterocycles. The van der Waals surface area contributed by atoms with E-state index in [2.05, 4.69) is 10.6 Å². The summed E-state index contributed by atoms with van der Waals surface area (Å²) in [6.45, 7) is 0.518. The number of carbonyl (C=O) groups excluding carboxylic acids is 2. The monoisotopic (exact) mass is 346 g/mol. The van der Waals surface area contributed by atoms with Crippen molar-refractivity contribution in [3.8, 4) is 11.5 Å². The molecule has 2 heterocycles. The third-order valence-corrected chi connectivity index (χ3v) is 4.45. The van der Waals surface area contributed by atoms with Crippen molar-refractivity contribution in [3.05, 3.63) is 40.6 Å². The van der Waals surface area contributed by atoms with Gasteiger partial charge in [0.25, 0.3) is 0 Å². The number of fused-ring (bicyclic) bond motifs is 1. The van der Waals surface area contributed by atoms with Gasteiger partial charge >= 0.3 is 0 Å². The van der Waals surface area contributed by atoms with Gasteiger partial charge in [-0.3, -0.25) is 9.59 Å². The van der Waals surface area contributed by atoms with Gasteiger partial charge in [0.05, 0.1) is 0 Å². The Morgan fingerprint density at radius 3 is 2.79 bits per heavy atom. The fourth-order valence-electron chi connectivity index (χ4n) is 2.29. The molecule has 2 amide bonds. The molecule has 1 aromatic carbocycles. The predicted molar refractivity (Wildman–Crippen MR) is 91.5 cm³/mol. The smallest absolute Gasteiger partial charge is 0.231 e. The van der Waals surface area contributed by atoms with Crippen LogP contribution in [0, 0.1) is 0 Å². The third-order valence-electron chi connectivity index (χ3n) is 3.51. The first-order valence-corrected chi connectivity index (χ1v) is 8.57. The lowest BCUT2D eigenvalue weighted by Crippen LogP contribution is -2.27. The Kier molecular flexibility index (Phi) is 5.32. The number of hydrogen-bond donors (Lipinski definition) is 2. The van der Waals surface area contributed by atoms with Crippen LogP contribution in [0.4, 0.5) is 5.69 Å². The highest BCUT2D eigenvalue weighted by Gasteiger charge is 2.14. The molecule has 1 aliphatic rings. The summed E-state index contributed by atoms with van der Waals surface area (Å²) in [5.41, 5.74) is 0.647. The summed E-state index contributed by atoms with van der Waals surface area (Å²) in [5.74, 6) is 1.09. The first-order valence-electron chi connectivity index (χ1n) is 7.69. The van der Waals surface area contributed by atoms with Gasteiger partial charge in [-0.25, -0.2) is 0 Å². The third kappa shape index (κ3) is 4.48. The van der Waals surface area contributed by atoms with Gasteiger partial charge in [-0.15, -0.1) is 11.3 Å². The number of ether oxygens (including phenoxy) is 2. The van der Waals surface area contributed by atoms with Gasteiger partial charge in [0.15, 0.2) is 11.5 Å². The fraction of sp³-hybridized carbons (Fsp3) is 0.294. The summed E-state index contributed by atoms with van der Waals surface area (Å²) in [4.78, 5) is 24.8. The molecule has 0 bridgehead atoms. The first kappa shape index (κ1) is 16.3. The second-order valence-corrected chi connectivity index (χ2v) is 6.33. The SMILES string of the molecule is O=C(CCc1cccs1)NCCC(=O)Nc1ccc2c(c1)OCO2. The van der Waals surface area contributed by atoms with Crippen LogP contribution in [-0.4, -0.2) is 25.2 Å². The van der Waals surface area contributed by atoms with Crippen LogP contribution in [0.5, 0.6) is 11.5 Å². The predicted octanol–water partition coefficient (Wildman–Crippen LogP) is 2.55. The van der Waals surface area contributed by atoms with Crippen molar-refractivity contribution in [1.29, 1.82) is 0 Å². The second-order valence-electron chi connectivity index (χ2n) is 5.30. The maximum Gasteiger partial charge on any atom is 0.231 e. The Bertz CT molecular complexity index is 715. The standard InChI is InChI=1S/C17H18N2O4S/c20-16(6-4-13-2-1-9-24-13)18-8-7-17(21)19-12-3-5-14-15(10-12)23-11-22-14/h1-3,5,9-10H,4,6-8,11H2,(H,18,20)(H,19,21). The molecule has 2 N–H and O–H groups in total. The van der Waals surface area contributed by atoms with Crippen LogP contribution in [-0.2, 0) is 16.0 Å². The van der Waals surface area contributed by atoms with Gasteiger partial charge in [0, 0.05) is 36.0 Å². The number of hydrogen-bond acceptors (Lipinski definition) is 5. The number of benzene rings is 1. The van der Waals surface area contributed by atoms with Gasteiger partial charge in [0.2, 0.25) is 18.6 Å². The summed E-state index contributed by atoms with van der Waals surface area (Å²) in [7, 11) is 0. The average Bonchev–Trinajstić information content (AvgIpc) is 3.24.